The summed E-state index contributed by atoms with van der Waals surface area (Å²) >= 11 is 5.92. The summed E-state index contributed by atoms with van der Waals surface area (Å²) in [4.78, 5) is 12.1. The zero-order valence-electron chi connectivity index (χ0n) is 13.2. The molecule has 2 aromatic carbocycles. The van der Waals surface area contributed by atoms with E-state index in [1.165, 1.54) is 12.1 Å². The lowest BCUT2D eigenvalue weighted by Crippen LogP contribution is -2.26. The van der Waals surface area contributed by atoms with Gasteiger partial charge in [0.05, 0.1) is 10.9 Å². The maximum absolute atomic E-state index is 12.1. The SMILES string of the molecule is CC(NC(=O)CCc1cccc(Cl)c1)c1ccc(S(N)(=O)=O)cc1. The first-order valence-electron chi connectivity index (χ1n) is 7.42. The lowest BCUT2D eigenvalue weighted by Gasteiger charge is -2.15. The van der Waals surface area contributed by atoms with Gasteiger partial charge in [0.15, 0.2) is 0 Å². The van der Waals surface area contributed by atoms with Crippen LogP contribution in [0.15, 0.2) is 53.4 Å². The number of nitrogens with two attached hydrogens (primary N) is 1. The number of aryl methyl sites for hydroxylation is 1. The second-order valence-corrected chi connectivity index (χ2v) is 7.53. The van der Waals surface area contributed by atoms with Crippen molar-refractivity contribution in [1.29, 1.82) is 0 Å². The molecule has 0 saturated heterocycles. The van der Waals surface area contributed by atoms with Crippen LogP contribution in [0.5, 0.6) is 0 Å². The minimum absolute atomic E-state index is 0.0470. The summed E-state index contributed by atoms with van der Waals surface area (Å²) in [7, 11) is -3.71. The first-order valence-corrected chi connectivity index (χ1v) is 9.35. The molecule has 0 aromatic heterocycles. The van der Waals surface area contributed by atoms with Gasteiger partial charge in [0.1, 0.15) is 0 Å². The van der Waals surface area contributed by atoms with Crippen molar-refractivity contribution < 1.29 is 13.2 Å². The number of hydrogen-bond acceptors (Lipinski definition) is 3. The molecule has 2 rings (SSSR count). The summed E-state index contributed by atoms with van der Waals surface area (Å²) in [6.07, 6.45) is 0.948. The van der Waals surface area contributed by atoms with Crippen LogP contribution in [0, 0.1) is 0 Å². The van der Waals surface area contributed by atoms with Gasteiger partial charge < -0.3 is 5.32 Å². The van der Waals surface area contributed by atoms with Crippen LogP contribution in [-0.2, 0) is 21.2 Å². The summed E-state index contributed by atoms with van der Waals surface area (Å²) in [6.45, 7) is 1.84. The number of nitrogens with one attached hydrogen (secondary N) is 1. The fourth-order valence-corrected chi connectivity index (χ4v) is 3.02. The van der Waals surface area contributed by atoms with Gasteiger partial charge in [0.25, 0.3) is 0 Å². The number of primary sulfonamides is 1. The van der Waals surface area contributed by atoms with Gasteiger partial charge in [-0.05, 0) is 48.7 Å². The summed E-state index contributed by atoms with van der Waals surface area (Å²) in [5.41, 5.74) is 1.81. The van der Waals surface area contributed by atoms with E-state index in [0.29, 0.717) is 17.9 Å². The third kappa shape index (κ3) is 5.33. The molecule has 0 aliphatic carbocycles. The largest absolute Gasteiger partial charge is 0.350 e. The average molecular weight is 367 g/mol. The van der Waals surface area contributed by atoms with Crippen molar-refractivity contribution in [3.05, 3.63) is 64.7 Å². The van der Waals surface area contributed by atoms with Crippen molar-refractivity contribution in [2.45, 2.75) is 30.7 Å². The van der Waals surface area contributed by atoms with Gasteiger partial charge in [-0.3, -0.25) is 4.79 Å². The van der Waals surface area contributed by atoms with Gasteiger partial charge in [-0.1, -0.05) is 35.9 Å². The third-order valence-corrected chi connectivity index (χ3v) is 4.78. The van der Waals surface area contributed by atoms with Crippen molar-refractivity contribution in [2.75, 3.05) is 0 Å². The highest BCUT2D eigenvalue weighted by molar-refractivity contribution is 7.89. The van der Waals surface area contributed by atoms with Crippen molar-refractivity contribution >= 4 is 27.5 Å². The summed E-state index contributed by atoms with van der Waals surface area (Å²) in [5.74, 6) is -0.0852. The Morgan fingerprint density at radius 2 is 1.88 bits per heavy atom. The monoisotopic (exact) mass is 366 g/mol. The van der Waals surface area contributed by atoms with Crippen molar-refractivity contribution in [1.82, 2.24) is 5.32 Å². The molecule has 2 aromatic rings. The molecule has 1 unspecified atom stereocenters. The van der Waals surface area contributed by atoms with E-state index in [0.717, 1.165) is 11.1 Å². The third-order valence-electron chi connectivity index (χ3n) is 3.62. The van der Waals surface area contributed by atoms with Crippen LogP contribution in [0.2, 0.25) is 5.02 Å². The normalized spacial score (nSPS) is 12.6. The molecule has 24 heavy (non-hydrogen) atoms. The molecule has 128 valence electrons. The minimum Gasteiger partial charge on any atom is -0.350 e. The average Bonchev–Trinajstić information content (AvgIpc) is 2.52. The number of amides is 1. The quantitative estimate of drug-likeness (QED) is 0.823. The topological polar surface area (TPSA) is 89.3 Å². The maximum atomic E-state index is 12.1. The lowest BCUT2D eigenvalue weighted by atomic mass is 10.1. The number of halogens is 1. The molecular weight excluding hydrogens is 348 g/mol. The van der Waals surface area contributed by atoms with Crippen LogP contribution in [0.1, 0.15) is 30.5 Å². The number of hydrogen-bond donors (Lipinski definition) is 2. The van der Waals surface area contributed by atoms with E-state index in [1.54, 1.807) is 18.2 Å². The number of carbonyl (C=O) groups is 1. The minimum atomic E-state index is -3.71. The van der Waals surface area contributed by atoms with Crippen molar-refractivity contribution in [3.63, 3.8) is 0 Å². The Morgan fingerprint density at radius 3 is 2.46 bits per heavy atom. The fraction of sp³-hybridized carbons (Fsp3) is 0.235. The van der Waals surface area contributed by atoms with Crippen LogP contribution >= 0.6 is 11.6 Å². The van der Waals surface area contributed by atoms with E-state index < -0.39 is 10.0 Å². The Kier molecular flexibility index (Phi) is 5.99. The van der Waals surface area contributed by atoms with Crippen LogP contribution in [-0.4, -0.2) is 14.3 Å². The van der Waals surface area contributed by atoms with Crippen LogP contribution in [0.4, 0.5) is 0 Å². The smallest absolute Gasteiger partial charge is 0.238 e. The first kappa shape index (κ1) is 18.4. The number of rotatable bonds is 6. The maximum Gasteiger partial charge on any atom is 0.238 e. The highest BCUT2D eigenvalue weighted by Crippen LogP contribution is 2.16. The molecule has 0 aliphatic rings. The van der Waals surface area contributed by atoms with Gasteiger partial charge in [-0.2, -0.15) is 0 Å². The summed E-state index contributed by atoms with van der Waals surface area (Å²) in [6, 6.07) is 13.3. The molecule has 3 N–H and O–H groups in total. The van der Waals surface area contributed by atoms with E-state index in [-0.39, 0.29) is 16.8 Å². The van der Waals surface area contributed by atoms with Crippen molar-refractivity contribution in [3.8, 4) is 0 Å². The Balaban J connectivity index is 1.91. The highest BCUT2D eigenvalue weighted by atomic mass is 35.5. The van der Waals surface area contributed by atoms with Crippen LogP contribution in [0.3, 0.4) is 0 Å². The van der Waals surface area contributed by atoms with Gasteiger partial charge in [-0.25, -0.2) is 13.6 Å². The van der Waals surface area contributed by atoms with Gasteiger partial charge in [-0.15, -0.1) is 0 Å². The highest BCUT2D eigenvalue weighted by Gasteiger charge is 2.12. The standard InChI is InChI=1S/C17H19ClN2O3S/c1-12(14-6-8-16(9-7-14)24(19,22)23)20-17(21)10-5-13-3-2-4-15(18)11-13/h2-4,6-9,11-12H,5,10H2,1H3,(H,20,21)(H2,19,22,23). The molecule has 0 spiro atoms. The first-order chi connectivity index (χ1) is 11.3. The zero-order chi connectivity index (χ0) is 17.7. The zero-order valence-corrected chi connectivity index (χ0v) is 14.8. The molecular formula is C17H19ClN2O3S. The summed E-state index contributed by atoms with van der Waals surface area (Å²) < 4.78 is 22.5. The van der Waals surface area contributed by atoms with Crippen LogP contribution < -0.4 is 10.5 Å². The molecule has 0 heterocycles. The molecule has 0 saturated carbocycles. The molecule has 1 atom stereocenters. The van der Waals surface area contributed by atoms with Gasteiger partial charge in [0, 0.05) is 11.4 Å². The number of benzene rings is 2. The molecule has 0 fully saturated rings. The van der Waals surface area contributed by atoms with E-state index in [4.69, 9.17) is 16.7 Å². The number of sulfonamides is 1. The Morgan fingerprint density at radius 1 is 1.21 bits per heavy atom. The predicted molar refractivity (Wildman–Crippen MR) is 94.1 cm³/mol. The Labute approximate surface area is 146 Å². The molecule has 0 radical (unpaired) electrons. The molecule has 1 amide bonds. The van der Waals surface area contributed by atoms with Gasteiger partial charge in [0.2, 0.25) is 15.9 Å². The van der Waals surface area contributed by atoms with Gasteiger partial charge >= 0.3 is 0 Å². The lowest BCUT2D eigenvalue weighted by molar-refractivity contribution is -0.121. The summed E-state index contributed by atoms with van der Waals surface area (Å²) in [5, 5.41) is 8.60. The molecule has 0 bridgehead atoms. The van der Waals surface area contributed by atoms with E-state index in [9.17, 15) is 13.2 Å². The predicted octanol–water partition coefficient (Wildman–Crippen LogP) is 2.80. The Hall–Kier alpha value is -1.89. The molecule has 7 heteroatoms. The fourth-order valence-electron chi connectivity index (χ4n) is 2.29. The molecule has 0 aliphatic heterocycles. The van der Waals surface area contributed by atoms with Crippen molar-refractivity contribution in [2.24, 2.45) is 5.14 Å². The second-order valence-electron chi connectivity index (χ2n) is 5.53. The Bertz CT molecular complexity index is 820. The van der Waals surface area contributed by atoms with E-state index >= 15 is 0 Å². The second kappa shape index (κ2) is 7.79. The van der Waals surface area contributed by atoms with E-state index in [2.05, 4.69) is 5.32 Å². The molecule has 5 nitrogen and oxygen atoms in total. The van der Waals surface area contributed by atoms with E-state index in [1.807, 2.05) is 25.1 Å². The number of carbonyl (C=O) groups excluding carboxylic acids is 1. The van der Waals surface area contributed by atoms with Crippen LogP contribution in [0.25, 0.3) is 0 Å².